The molecular weight excluding hydrogens is 376 g/mol. The number of nitrogens with one attached hydrogen (secondary N) is 1. The van der Waals surface area contributed by atoms with Crippen molar-refractivity contribution in [2.75, 3.05) is 25.5 Å². The van der Waals surface area contributed by atoms with E-state index in [1.54, 1.807) is 18.4 Å². The Morgan fingerprint density at radius 3 is 3.14 bits per heavy atom. The summed E-state index contributed by atoms with van der Waals surface area (Å²) in [5, 5.41) is 9.04. The molecule has 1 aliphatic heterocycles. The van der Waals surface area contributed by atoms with Crippen LogP contribution in [-0.2, 0) is 11.3 Å². The lowest BCUT2D eigenvalue weighted by Gasteiger charge is -2.30. The van der Waals surface area contributed by atoms with Crippen LogP contribution in [0.3, 0.4) is 0 Å². The highest BCUT2D eigenvalue weighted by Crippen LogP contribution is 2.24. The Hall–Kier alpha value is -2.71. The molecule has 8 heteroatoms. The van der Waals surface area contributed by atoms with Gasteiger partial charge in [0.2, 0.25) is 17.6 Å². The summed E-state index contributed by atoms with van der Waals surface area (Å²) in [6, 6.07) is 11.3. The van der Waals surface area contributed by atoms with Gasteiger partial charge in [-0.15, -0.1) is 11.3 Å². The molecule has 0 saturated carbocycles. The lowest BCUT2D eigenvalue weighted by atomic mass is 9.97. The van der Waals surface area contributed by atoms with E-state index in [-0.39, 0.29) is 11.8 Å². The molecule has 0 aliphatic carbocycles. The fourth-order valence-corrected chi connectivity index (χ4v) is 4.02. The summed E-state index contributed by atoms with van der Waals surface area (Å²) in [5.41, 5.74) is 0.749. The van der Waals surface area contributed by atoms with Crippen molar-refractivity contribution in [3.05, 3.63) is 47.7 Å². The zero-order chi connectivity index (χ0) is 19.3. The first-order valence-electron chi connectivity index (χ1n) is 9.25. The maximum absolute atomic E-state index is 12.7. The predicted octanol–water partition coefficient (Wildman–Crippen LogP) is 3.66. The van der Waals surface area contributed by atoms with E-state index in [0.717, 1.165) is 35.7 Å². The third-order valence-electron chi connectivity index (χ3n) is 4.78. The highest BCUT2D eigenvalue weighted by Gasteiger charge is 2.27. The molecule has 1 aliphatic rings. The fourth-order valence-electron chi connectivity index (χ4n) is 3.37. The molecule has 0 spiro atoms. The molecule has 146 valence electrons. The average Bonchev–Trinajstić information content (AvgIpc) is 3.40. The molecule has 1 N–H and O–H groups in total. The van der Waals surface area contributed by atoms with E-state index in [4.69, 9.17) is 9.26 Å². The number of methoxy groups -OCH3 is 1. The van der Waals surface area contributed by atoms with Gasteiger partial charge in [-0.1, -0.05) is 17.3 Å². The van der Waals surface area contributed by atoms with Crippen LogP contribution < -0.4 is 10.1 Å². The van der Waals surface area contributed by atoms with E-state index >= 15 is 0 Å². The van der Waals surface area contributed by atoms with Crippen LogP contribution >= 0.6 is 11.3 Å². The highest BCUT2D eigenvalue weighted by molar-refractivity contribution is 7.13. The van der Waals surface area contributed by atoms with Crippen LogP contribution in [0, 0.1) is 5.92 Å². The van der Waals surface area contributed by atoms with Crippen LogP contribution in [-0.4, -0.2) is 41.1 Å². The summed E-state index contributed by atoms with van der Waals surface area (Å²) in [5.74, 6) is 1.88. The Balaban J connectivity index is 1.35. The summed E-state index contributed by atoms with van der Waals surface area (Å²) in [6.45, 7) is 2.15. The number of carbonyl (C=O) groups excluding carboxylic acids is 1. The normalized spacial score (nSPS) is 17.4. The number of piperidine rings is 1. The van der Waals surface area contributed by atoms with E-state index < -0.39 is 0 Å². The van der Waals surface area contributed by atoms with Gasteiger partial charge in [-0.05, 0) is 43.0 Å². The summed E-state index contributed by atoms with van der Waals surface area (Å²) >= 11 is 1.58. The van der Waals surface area contributed by atoms with Crippen LogP contribution in [0.4, 0.5) is 5.69 Å². The van der Waals surface area contributed by atoms with Gasteiger partial charge in [0.05, 0.1) is 24.4 Å². The number of anilines is 1. The standard InChI is InChI=1S/C20H22N4O3S/c1-26-16-7-2-6-15(11-16)21-20(25)14-5-3-9-24(12-14)13-18-22-19(23-27-18)17-8-4-10-28-17/h2,4,6-8,10-11,14H,3,5,9,12-13H2,1H3,(H,21,25). The molecule has 3 aromatic rings. The first-order valence-corrected chi connectivity index (χ1v) is 10.1. The van der Waals surface area contributed by atoms with Crippen LogP contribution in [0.15, 0.2) is 46.3 Å². The smallest absolute Gasteiger partial charge is 0.241 e. The monoisotopic (exact) mass is 398 g/mol. The molecule has 3 heterocycles. The molecule has 7 nitrogen and oxygen atoms in total. The molecule has 28 heavy (non-hydrogen) atoms. The minimum Gasteiger partial charge on any atom is -0.497 e. The second-order valence-electron chi connectivity index (χ2n) is 6.78. The van der Waals surface area contributed by atoms with Crippen molar-refractivity contribution in [2.45, 2.75) is 19.4 Å². The maximum Gasteiger partial charge on any atom is 0.241 e. The van der Waals surface area contributed by atoms with Gasteiger partial charge in [0.25, 0.3) is 0 Å². The largest absolute Gasteiger partial charge is 0.497 e. The number of hydrogen-bond donors (Lipinski definition) is 1. The minimum absolute atomic E-state index is 0.0303. The number of rotatable bonds is 6. The van der Waals surface area contributed by atoms with E-state index in [1.165, 1.54) is 0 Å². The van der Waals surface area contributed by atoms with Gasteiger partial charge in [-0.3, -0.25) is 9.69 Å². The second-order valence-corrected chi connectivity index (χ2v) is 7.73. The molecule has 1 atom stereocenters. The molecule has 0 bridgehead atoms. The van der Waals surface area contributed by atoms with E-state index in [2.05, 4.69) is 20.4 Å². The van der Waals surface area contributed by atoms with Gasteiger partial charge in [-0.25, -0.2) is 0 Å². The number of thiophene rings is 1. The summed E-state index contributed by atoms with van der Waals surface area (Å²) in [7, 11) is 1.61. The molecule has 1 amide bonds. The molecule has 4 rings (SSSR count). The molecule has 2 aromatic heterocycles. The molecule has 0 radical (unpaired) electrons. The zero-order valence-electron chi connectivity index (χ0n) is 15.6. The van der Waals surface area contributed by atoms with Crippen molar-refractivity contribution >= 4 is 22.9 Å². The van der Waals surface area contributed by atoms with Crippen molar-refractivity contribution in [1.29, 1.82) is 0 Å². The third-order valence-corrected chi connectivity index (χ3v) is 5.65. The van der Waals surface area contributed by atoms with Gasteiger partial charge in [0.15, 0.2) is 0 Å². The van der Waals surface area contributed by atoms with Crippen LogP contribution in [0.25, 0.3) is 10.7 Å². The predicted molar refractivity (Wildman–Crippen MR) is 107 cm³/mol. The zero-order valence-corrected chi connectivity index (χ0v) is 16.4. The van der Waals surface area contributed by atoms with Crippen molar-refractivity contribution in [3.63, 3.8) is 0 Å². The Bertz CT molecular complexity index is 925. The van der Waals surface area contributed by atoms with Crippen molar-refractivity contribution < 1.29 is 14.1 Å². The van der Waals surface area contributed by atoms with E-state index in [9.17, 15) is 4.79 Å². The van der Waals surface area contributed by atoms with Gasteiger partial charge >= 0.3 is 0 Å². The lowest BCUT2D eigenvalue weighted by molar-refractivity contribution is -0.121. The molecule has 1 saturated heterocycles. The van der Waals surface area contributed by atoms with Crippen LogP contribution in [0.5, 0.6) is 5.75 Å². The number of benzene rings is 1. The lowest BCUT2D eigenvalue weighted by Crippen LogP contribution is -2.40. The molecule has 1 aromatic carbocycles. The second kappa shape index (κ2) is 8.53. The SMILES string of the molecule is COc1cccc(NC(=O)C2CCCN(Cc3nc(-c4cccs4)no3)C2)c1. The number of hydrogen-bond acceptors (Lipinski definition) is 7. The Labute approximate surface area is 167 Å². The topological polar surface area (TPSA) is 80.5 Å². The van der Waals surface area contributed by atoms with Crippen LogP contribution in [0.2, 0.25) is 0 Å². The summed E-state index contributed by atoms with van der Waals surface area (Å²) in [4.78, 5) is 20.4. The average molecular weight is 398 g/mol. The fraction of sp³-hybridized carbons (Fsp3) is 0.350. The minimum atomic E-state index is -0.0698. The number of aromatic nitrogens is 2. The van der Waals surface area contributed by atoms with E-state index in [1.807, 2.05) is 41.8 Å². The molecule has 1 fully saturated rings. The van der Waals surface area contributed by atoms with Crippen LogP contribution in [0.1, 0.15) is 18.7 Å². The maximum atomic E-state index is 12.7. The first kappa shape index (κ1) is 18.6. The first-order chi connectivity index (χ1) is 13.7. The number of carbonyl (C=O) groups is 1. The number of amides is 1. The summed E-state index contributed by atoms with van der Waals surface area (Å²) in [6.07, 6.45) is 1.83. The number of ether oxygens (including phenoxy) is 1. The Morgan fingerprint density at radius 2 is 2.32 bits per heavy atom. The van der Waals surface area contributed by atoms with E-state index in [0.29, 0.717) is 24.8 Å². The van der Waals surface area contributed by atoms with Crippen molar-refractivity contribution in [1.82, 2.24) is 15.0 Å². The van der Waals surface area contributed by atoms with Gasteiger partial charge in [-0.2, -0.15) is 4.98 Å². The van der Waals surface area contributed by atoms with Gasteiger partial charge in [0.1, 0.15) is 5.75 Å². The van der Waals surface area contributed by atoms with Gasteiger partial charge < -0.3 is 14.6 Å². The highest BCUT2D eigenvalue weighted by atomic mass is 32.1. The molecular formula is C20H22N4O3S. The summed E-state index contributed by atoms with van der Waals surface area (Å²) < 4.78 is 10.6. The van der Waals surface area contributed by atoms with Crippen molar-refractivity contribution in [3.8, 4) is 16.5 Å². The quantitative estimate of drug-likeness (QED) is 0.683. The third kappa shape index (κ3) is 4.40. The van der Waals surface area contributed by atoms with Crippen molar-refractivity contribution in [2.24, 2.45) is 5.92 Å². The Morgan fingerprint density at radius 1 is 1.39 bits per heavy atom. The number of nitrogens with zero attached hydrogens (tertiary/aromatic N) is 3. The Kier molecular flexibility index (Phi) is 5.68. The molecule has 1 unspecified atom stereocenters. The number of likely N-dealkylation sites (tertiary alicyclic amines) is 1. The van der Waals surface area contributed by atoms with Gasteiger partial charge in [0, 0.05) is 18.3 Å².